The highest BCUT2D eigenvalue weighted by atomic mass is 16.5. The number of carbonyl (C=O) groups excluding carboxylic acids is 1. The van der Waals surface area contributed by atoms with Crippen LogP contribution >= 0.6 is 0 Å². The molecule has 2 rings (SSSR count). The van der Waals surface area contributed by atoms with Gasteiger partial charge in [-0.3, -0.25) is 9.69 Å². The molecule has 0 spiro atoms. The second kappa shape index (κ2) is 5.22. The van der Waals surface area contributed by atoms with Crippen LogP contribution in [-0.2, 0) is 23.1 Å². The van der Waals surface area contributed by atoms with E-state index >= 15 is 0 Å². The first kappa shape index (κ1) is 12.0. The normalized spacial score (nSPS) is 21.4. The molecule has 0 radical (unpaired) electrons. The molecule has 0 N–H and O–H groups in total. The van der Waals surface area contributed by atoms with Gasteiger partial charge >= 0.3 is 5.97 Å². The minimum absolute atomic E-state index is 0.169. The molecule has 1 aromatic heterocycles. The molecule has 1 saturated heterocycles. The minimum Gasteiger partial charge on any atom is -0.468 e. The molecular formula is C10H17N5O2. The Labute approximate surface area is 99.7 Å². The summed E-state index contributed by atoms with van der Waals surface area (Å²) in [4.78, 5) is 15.1. The fraction of sp³-hybridized carbons (Fsp3) is 0.800. The lowest BCUT2D eigenvalue weighted by atomic mass is 10.0. The van der Waals surface area contributed by atoms with Crippen LogP contribution in [0.4, 0.5) is 0 Å². The van der Waals surface area contributed by atoms with Crippen LogP contribution in [0.2, 0.25) is 0 Å². The number of esters is 1. The lowest BCUT2D eigenvalue weighted by molar-refractivity contribution is -0.148. The number of methoxy groups -OCH3 is 1. The van der Waals surface area contributed by atoms with Crippen molar-refractivity contribution in [2.45, 2.75) is 31.8 Å². The van der Waals surface area contributed by atoms with Crippen LogP contribution in [0.1, 0.15) is 25.1 Å². The van der Waals surface area contributed by atoms with Gasteiger partial charge in [0.2, 0.25) is 0 Å². The van der Waals surface area contributed by atoms with Crippen molar-refractivity contribution in [3.05, 3.63) is 5.82 Å². The van der Waals surface area contributed by atoms with Crippen molar-refractivity contribution in [3.8, 4) is 0 Å². The Hall–Kier alpha value is -1.50. The number of rotatable bonds is 3. The van der Waals surface area contributed by atoms with Gasteiger partial charge in [-0.05, 0) is 24.6 Å². The first-order valence-corrected chi connectivity index (χ1v) is 5.75. The first-order chi connectivity index (χ1) is 8.20. The zero-order valence-electron chi connectivity index (χ0n) is 10.2. The van der Waals surface area contributed by atoms with Gasteiger partial charge in [0.05, 0.1) is 20.7 Å². The van der Waals surface area contributed by atoms with Crippen molar-refractivity contribution in [1.29, 1.82) is 0 Å². The van der Waals surface area contributed by atoms with Crippen molar-refractivity contribution in [2.75, 3.05) is 13.7 Å². The number of tetrazole rings is 1. The van der Waals surface area contributed by atoms with Crippen LogP contribution in [0.25, 0.3) is 0 Å². The van der Waals surface area contributed by atoms with Gasteiger partial charge in [0.25, 0.3) is 0 Å². The summed E-state index contributed by atoms with van der Waals surface area (Å²) in [6.07, 6.45) is 2.99. The van der Waals surface area contributed by atoms with Crippen LogP contribution in [0, 0.1) is 0 Å². The molecule has 1 aliphatic heterocycles. The van der Waals surface area contributed by atoms with E-state index in [9.17, 15) is 4.79 Å². The van der Waals surface area contributed by atoms with Crippen molar-refractivity contribution in [1.82, 2.24) is 25.1 Å². The van der Waals surface area contributed by atoms with Crippen LogP contribution in [0.3, 0.4) is 0 Å². The Morgan fingerprint density at radius 3 is 3.00 bits per heavy atom. The van der Waals surface area contributed by atoms with Gasteiger partial charge in [-0.2, -0.15) is 4.80 Å². The molecule has 17 heavy (non-hydrogen) atoms. The lowest BCUT2D eigenvalue weighted by Gasteiger charge is -2.32. The van der Waals surface area contributed by atoms with Crippen LogP contribution in [0.5, 0.6) is 0 Å². The quantitative estimate of drug-likeness (QED) is 0.676. The predicted octanol–water partition coefficient (Wildman–Crippen LogP) is -0.262. The summed E-state index contributed by atoms with van der Waals surface area (Å²) in [5, 5.41) is 11.8. The van der Waals surface area contributed by atoms with E-state index in [2.05, 4.69) is 20.3 Å². The molecular weight excluding hydrogens is 222 g/mol. The molecule has 7 heteroatoms. The van der Waals surface area contributed by atoms with E-state index in [0.29, 0.717) is 12.4 Å². The lowest BCUT2D eigenvalue weighted by Crippen LogP contribution is -2.44. The molecule has 1 unspecified atom stereocenters. The Kier molecular flexibility index (Phi) is 3.68. The predicted molar refractivity (Wildman–Crippen MR) is 58.9 cm³/mol. The van der Waals surface area contributed by atoms with Crippen molar-refractivity contribution >= 4 is 5.97 Å². The van der Waals surface area contributed by atoms with Crippen LogP contribution in [-0.4, -0.2) is 50.8 Å². The topological polar surface area (TPSA) is 73.1 Å². The summed E-state index contributed by atoms with van der Waals surface area (Å²) in [6, 6.07) is -0.169. The number of likely N-dealkylation sites (tertiary alicyclic amines) is 1. The molecule has 94 valence electrons. The van der Waals surface area contributed by atoms with E-state index < -0.39 is 0 Å². The number of ether oxygens (including phenoxy) is 1. The molecule has 0 saturated carbocycles. The van der Waals surface area contributed by atoms with E-state index in [1.165, 1.54) is 11.9 Å². The number of aromatic nitrogens is 4. The number of nitrogens with zero attached hydrogens (tertiary/aromatic N) is 5. The third-order valence-electron chi connectivity index (χ3n) is 2.98. The molecule has 1 fully saturated rings. The smallest absolute Gasteiger partial charge is 0.323 e. The molecule has 1 aliphatic rings. The summed E-state index contributed by atoms with van der Waals surface area (Å²) >= 11 is 0. The Bertz CT molecular complexity index is 392. The fourth-order valence-electron chi connectivity index (χ4n) is 2.15. The average molecular weight is 239 g/mol. The fourth-order valence-corrected chi connectivity index (χ4v) is 2.15. The highest BCUT2D eigenvalue weighted by Crippen LogP contribution is 2.19. The van der Waals surface area contributed by atoms with Crippen molar-refractivity contribution in [2.24, 2.45) is 7.05 Å². The molecule has 0 aliphatic carbocycles. The van der Waals surface area contributed by atoms with Gasteiger partial charge in [-0.1, -0.05) is 6.42 Å². The second-order valence-corrected chi connectivity index (χ2v) is 4.20. The third kappa shape index (κ3) is 2.79. The summed E-state index contributed by atoms with van der Waals surface area (Å²) in [6.45, 7) is 1.42. The summed E-state index contributed by atoms with van der Waals surface area (Å²) in [5.41, 5.74) is 0. The van der Waals surface area contributed by atoms with Gasteiger partial charge in [0.1, 0.15) is 6.04 Å². The van der Waals surface area contributed by atoms with E-state index in [1.807, 2.05) is 0 Å². The number of aryl methyl sites for hydroxylation is 1. The highest BCUT2D eigenvalue weighted by molar-refractivity contribution is 5.75. The molecule has 0 aromatic carbocycles. The molecule has 7 nitrogen and oxygen atoms in total. The van der Waals surface area contributed by atoms with E-state index in [1.54, 1.807) is 7.05 Å². The average Bonchev–Trinajstić information content (AvgIpc) is 2.74. The molecule has 1 atom stereocenters. The number of piperidine rings is 1. The number of hydrogen-bond donors (Lipinski definition) is 0. The van der Waals surface area contributed by atoms with E-state index in [4.69, 9.17) is 4.74 Å². The van der Waals surface area contributed by atoms with Gasteiger partial charge in [0.15, 0.2) is 5.82 Å². The SMILES string of the molecule is COC(=O)C1CCCCN1Cc1nnn(C)n1. The third-order valence-corrected chi connectivity index (χ3v) is 2.98. The first-order valence-electron chi connectivity index (χ1n) is 5.75. The zero-order valence-corrected chi connectivity index (χ0v) is 10.2. The van der Waals surface area contributed by atoms with Gasteiger partial charge in [-0.25, -0.2) is 0 Å². The van der Waals surface area contributed by atoms with Gasteiger partial charge < -0.3 is 4.74 Å². The molecule has 2 heterocycles. The Morgan fingerprint density at radius 1 is 1.53 bits per heavy atom. The van der Waals surface area contributed by atoms with Crippen LogP contribution in [0.15, 0.2) is 0 Å². The van der Waals surface area contributed by atoms with Crippen molar-refractivity contribution < 1.29 is 9.53 Å². The Balaban J connectivity index is 2.03. The van der Waals surface area contributed by atoms with Gasteiger partial charge in [-0.15, -0.1) is 10.2 Å². The maximum Gasteiger partial charge on any atom is 0.323 e. The second-order valence-electron chi connectivity index (χ2n) is 4.20. The number of hydrogen-bond acceptors (Lipinski definition) is 6. The maximum atomic E-state index is 11.6. The standard InChI is InChI=1S/C10H17N5O2/c1-14-12-9(11-13-14)7-15-6-4-3-5-8(15)10(16)17-2/h8H,3-7H2,1-2H3. The van der Waals surface area contributed by atoms with Gasteiger partial charge in [0, 0.05) is 0 Å². The summed E-state index contributed by atoms with van der Waals surface area (Å²) < 4.78 is 4.82. The summed E-state index contributed by atoms with van der Waals surface area (Å²) in [5.74, 6) is 0.469. The molecule has 1 aromatic rings. The minimum atomic E-state index is -0.173. The summed E-state index contributed by atoms with van der Waals surface area (Å²) in [7, 11) is 3.15. The molecule has 0 amide bonds. The number of carbonyl (C=O) groups is 1. The highest BCUT2D eigenvalue weighted by Gasteiger charge is 2.30. The van der Waals surface area contributed by atoms with Crippen molar-refractivity contribution in [3.63, 3.8) is 0 Å². The van der Waals surface area contributed by atoms with E-state index in [0.717, 1.165) is 25.8 Å². The monoisotopic (exact) mass is 239 g/mol. The Morgan fingerprint density at radius 2 is 2.35 bits per heavy atom. The largest absolute Gasteiger partial charge is 0.468 e. The van der Waals surface area contributed by atoms with E-state index in [-0.39, 0.29) is 12.0 Å². The molecule has 0 bridgehead atoms. The van der Waals surface area contributed by atoms with Crippen LogP contribution < -0.4 is 0 Å². The maximum absolute atomic E-state index is 11.6. The zero-order chi connectivity index (χ0) is 12.3.